The third kappa shape index (κ3) is 2.84. The Labute approximate surface area is 127 Å². The summed E-state index contributed by atoms with van der Waals surface area (Å²) in [7, 11) is 0. The molecule has 0 amide bonds. The molecule has 0 fully saturated rings. The number of aliphatic hydroxyl groups excluding tert-OH is 1. The van der Waals surface area contributed by atoms with Crippen LogP contribution >= 0.6 is 11.6 Å². The van der Waals surface area contributed by atoms with Gasteiger partial charge >= 0.3 is 0 Å². The molecule has 4 heteroatoms. The average Bonchev–Trinajstić information content (AvgIpc) is 2.48. The third-order valence-electron chi connectivity index (χ3n) is 3.24. The number of benzene rings is 2. The third-order valence-corrected chi connectivity index (χ3v) is 3.48. The zero-order valence-corrected chi connectivity index (χ0v) is 12.3. The normalized spacial score (nSPS) is 10.8. The molecule has 0 aliphatic heterocycles. The lowest BCUT2D eigenvalue weighted by molar-refractivity contribution is 0.276. The van der Waals surface area contributed by atoms with Gasteiger partial charge in [0.05, 0.1) is 6.61 Å². The molecule has 0 bridgehead atoms. The minimum Gasteiger partial charge on any atom is -0.455 e. The monoisotopic (exact) mass is 299 g/mol. The Morgan fingerprint density at radius 2 is 1.95 bits per heavy atom. The van der Waals surface area contributed by atoms with E-state index in [4.69, 9.17) is 16.3 Å². The molecule has 106 valence electrons. The number of rotatable bonds is 3. The van der Waals surface area contributed by atoms with Crippen molar-refractivity contribution in [3.63, 3.8) is 0 Å². The van der Waals surface area contributed by atoms with Crippen molar-refractivity contribution in [3.8, 4) is 11.5 Å². The van der Waals surface area contributed by atoms with Crippen LogP contribution in [0.2, 0.25) is 5.02 Å². The zero-order chi connectivity index (χ0) is 14.8. The second-order valence-corrected chi connectivity index (χ2v) is 5.23. The first-order valence-electron chi connectivity index (χ1n) is 6.61. The van der Waals surface area contributed by atoms with E-state index in [-0.39, 0.29) is 6.61 Å². The number of aliphatic hydroxyl groups is 1. The van der Waals surface area contributed by atoms with E-state index < -0.39 is 0 Å². The summed E-state index contributed by atoms with van der Waals surface area (Å²) in [4.78, 5) is 4.53. The van der Waals surface area contributed by atoms with Crippen molar-refractivity contribution in [1.29, 1.82) is 0 Å². The molecule has 1 aromatic heterocycles. The van der Waals surface area contributed by atoms with E-state index in [1.165, 1.54) is 0 Å². The molecule has 0 unspecified atom stereocenters. The standard InChI is InChI=1S/C17H14ClNO2/c1-11-5-6-12-3-2-4-15(17(12)19-11)21-16-9-14(18)8-7-13(16)10-20/h2-9,20H,10H2,1H3. The van der Waals surface area contributed by atoms with Crippen molar-refractivity contribution in [2.45, 2.75) is 13.5 Å². The first-order chi connectivity index (χ1) is 10.2. The molecule has 2 aromatic carbocycles. The Bertz CT molecular complexity index is 802. The second kappa shape index (κ2) is 5.72. The van der Waals surface area contributed by atoms with E-state index in [1.807, 2.05) is 37.3 Å². The van der Waals surface area contributed by atoms with Crippen molar-refractivity contribution in [3.05, 3.63) is 64.8 Å². The van der Waals surface area contributed by atoms with E-state index in [2.05, 4.69) is 4.98 Å². The molecule has 3 aromatic rings. The molecule has 0 atom stereocenters. The van der Waals surface area contributed by atoms with E-state index in [9.17, 15) is 5.11 Å². The Morgan fingerprint density at radius 3 is 2.76 bits per heavy atom. The van der Waals surface area contributed by atoms with Crippen molar-refractivity contribution in [2.75, 3.05) is 0 Å². The van der Waals surface area contributed by atoms with E-state index in [0.29, 0.717) is 22.1 Å². The van der Waals surface area contributed by atoms with Gasteiger partial charge in [0.15, 0.2) is 5.75 Å². The molecule has 0 saturated carbocycles. The van der Waals surface area contributed by atoms with Gasteiger partial charge in [0.1, 0.15) is 11.3 Å². The number of hydrogen-bond acceptors (Lipinski definition) is 3. The fraction of sp³-hybridized carbons (Fsp3) is 0.118. The molecule has 0 aliphatic rings. The molecule has 3 nitrogen and oxygen atoms in total. The summed E-state index contributed by atoms with van der Waals surface area (Å²) in [6.07, 6.45) is 0. The molecule has 0 radical (unpaired) electrons. The van der Waals surface area contributed by atoms with Gasteiger partial charge in [-0.05, 0) is 31.2 Å². The van der Waals surface area contributed by atoms with Crippen molar-refractivity contribution < 1.29 is 9.84 Å². The van der Waals surface area contributed by atoms with Crippen LogP contribution in [0.15, 0.2) is 48.5 Å². The topological polar surface area (TPSA) is 42.4 Å². The highest BCUT2D eigenvalue weighted by Gasteiger charge is 2.09. The number of aryl methyl sites for hydroxylation is 1. The van der Waals surface area contributed by atoms with Crippen molar-refractivity contribution >= 4 is 22.5 Å². The van der Waals surface area contributed by atoms with Gasteiger partial charge in [-0.15, -0.1) is 0 Å². The molecule has 3 rings (SSSR count). The minimum absolute atomic E-state index is 0.107. The van der Waals surface area contributed by atoms with Crippen LogP contribution in [0.5, 0.6) is 11.5 Å². The predicted octanol–water partition coefficient (Wildman–Crippen LogP) is 4.48. The van der Waals surface area contributed by atoms with Gasteiger partial charge in [0, 0.05) is 21.7 Å². The maximum Gasteiger partial charge on any atom is 0.153 e. The lowest BCUT2D eigenvalue weighted by atomic mass is 10.2. The lowest BCUT2D eigenvalue weighted by Gasteiger charge is -2.12. The smallest absolute Gasteiger partial charge is 0.153 e. The minimum atomic E-state index is -0.107. The summed E-state index contributed by atoms with van der Waals surface area (Å²) in [6.45, 7) is 1.83. The molecule has 0 saturated heterocycles. The molecule has 1 N–H and O–H groups in total. The first kappa shape index (κ1) is 13.9. The van der Waals surface area contributed by atoms with E-state index in [0.717, 1.165) is 16.6 Å². The fourth-order valence-corrected chi connectivity index (χ4v) is 2.33. The highest BCUT2D eigenvalue weighted by atomic mass is 35.5. The number of halogens is 1. The summed E-state index contributed by atoms with van der Waals surface area (Å²) in [5, 5.41) is 11.0. The average molecular weight is 300 g/mol. The second-order valence-electron chi connectivity index (χ2n) is 4.79. The number of hydrogen-bond donors (Lipinski definition) is 1. The van der Waals surface area contributed by atoms with E-state index >= 15 is 0 Å². The summed E-state index contributed by atoms with van der Waals surface area (Å²) in [6, 6.07) is 14.9. The van der Waals surface area contributed by atoms with Gasteiger partial charge in [-0.3, -0.25) is 0 Å². The highest BCUT2D eigenvalue weighted by Crippen LogP contribution is 2.32. The van der Waals surface area contributed by atoms with Crippen molar-refractivity contribution in [2.24, 2.45) is 0 Å². The summed E-state index contributed by atoms with van der Waals surface area (Å²) in [5.41, 5.74) is 2.40. The predicted molar refractivity (Wildman–Crippen MR) is 83.9 cm³/mol. The number of ether oxygens (including phenoxy) is 1. The molecule has 21 heavy (non-hydrogen) atoms. The van der Waals surface area contributed by atoms with Crippen molar-refractivity contribution in [1.82, 2.24) is 4.98 Å². The summed E-state index contributed by atoms with van der Waals surface area (Å²) < 4.78 is 5.94. The summed E-state index contributed by atoms with van der Waals surface area (Å²) >= 11 is 6.01. The SMILES string of the molecule is Cc1ccc2cccc(Oc3cc(Cl)ccc3CO)c2n1. The van der Waals surface area contributed by atoms with Gasteiger partial charge in [0.2, 0.25) is 0 Å². The van der Waals surface area contributed by atoms with Crippen LogP contribution in [0, 0.1) is 6.92 Å². The van der Waals surface area contributed by atoms with Gasteiger partial charge in [-0.2, -0.15) is 0 Å². The number of para-hydroxylation sites is 1. The van der Waals surface area contributed by atoms with Gasteiger partial charge in [0.25, 0.3) is 0 Å². The van der Waals surface area contributed by atoms with Gasteiger partial charge in [-0.25, -0.2) is 4.98 Å². The Balaban J connectivity index is 2.10. The lowest BCUT2D eigenvalue weighted by Crippen LogP contribution is -1.94. The van der Waals surface area contributed by atoms with Crippen LogP contribution in [-0.4, -0.2) is 10.1 Å². The van der Waals surface area contributed by atoms with E-state index in [1.54, 1.807) is 18.2 Å². The van der Waals surface area contributed by atoms with Gasteiger partial charge < -0.3 is 9.84 Å². The molecule has 0 aliphatic carbocycles. The van der Waals surface area contributed by atoms with Gasteiger partial charge in [-0.1, -0.05) is 35.9 Å². The molecular formula is C17H14ClNO2. The van der Waals surface area contributed by atoms with Crippen LogP contribution in [0.25, 0.3) is 10.9 Å². The fourth-order valence-electron chi connectivity index (χ4n) is 2.17. The largest absolute Gasteiger partial charge is 0.455 e. The maximum atomic E-state index is 9.41. The first-order valence-corrected chi connectivity index (χ1v) is 6.98. The highest BCUT2D eigenvalue weighted by molar-refractivity contribution is 6.30. The number of fused-ring (bicyclic) bond motifs is 1. The quantitative estimate of drug-likeness (QED) is 0.775. The molecule has 0 spiro atoms. The van der Waals surface area contributed by atoms with Crippen LogP contribution in [0.3, 0.4) is 0 Å². The number of pyridine rings is 1. The van der Waals surface area contributed by atoms with Crippen LogP contribution in [-0.2, 0) is 6.61 Å². The Kier molecular flexibility index (Phi) is 3.78. The van der Waals surface area contributed by atoms with Crippen LogP contribution in [0.1, 0.15) is 11.3 Å². The van der Waals surface area contributed by atoms with Crippen LogP contribution < -0.4 is 4.74 Å². The Morgan fingerprint density at radius 1 is 1.10 bits per heavy atom. The number of nitrogens with zero attached hydrogens (tertiary/aromatic N) is 1. The number of aromatic nitrogens is 1. The Hall–Kier alpha value is -2.10. The zero-order valence-electron chi connectivity index (χ0n) is 11.5. The maximum absolute atomic E-state index is 9.41. The molecule has 1 heterocycles. The summed E-state index contributed by atoms with van der Waals surface area (Å²) in [5.74, 6) is 1.19. The molecular weight excluding hydrogens is 286 g/mol. The van der Waals surface area contributed by atoms with Crippen LogP contribution in [0.4, 0.5) is 0 Å².